The zero-order valence-electron chi connectivity index (χ0n) is 20.1. The molecule has 2 N–H and O–H groups in total. The van der Waals surface area contributed by atoms with E-state index in [9.17, 15) is 14.4 Å². The Morgan fingerprint density at radius 1 is 1.00 bits per heavy atom. The highest BCUT2D eigenvalue weighted by atomic mass is 32.1. The first-order chi connectivity index (χ1) is 16.9. The maximum Gasteiger partial charge on any atom is 0.247 e. The average Bonchev–Trinajstić information content (AvgIpc) is 3.35. The lowest BCUT2D eigenvalue weighted by Crippen LogP contribution is -2.45. The SMILES string of the molecule is COCCNC(=O)C(c1ccc(C)cc1)N(C(=O)CCC(=O)Nc1nccs1)c1ccc(C)cc1. The highest BCUT2D eigenvalue weighted by Gasteiger charge is 2.32. The number of hydrogen-bond acceptors (Lipinski definition) is 6. The lowest BCUT2D eigenvalue weighted by molar-refractivity contribution is -0.127. The zero-order valence-corrected chi connectivity index (χ0v) is 20.9. The number of aryl methyl sites for hydroxylation is 2. The van der Waals surface area contributed by atoms with Crippen molar-refractivity contribution in [1.82, 2.24) is 10.3 Å². The van der Waals surface area contributed by atoms with Gasteiger partial charge in [0.25, 0.3) is 0 Å². The van der Waals surface area contributed by atoms with Crippen molar-refractivity contribution in [2.24, 2.45) is 0 Å². The molecule has 0 spiro atoms. The number of carbonyl (C=O) groups is 3. The van der Waals surface area contributed by atoms with Crippen LogP contribution in [0.1, 0.15) is 35.6 Å². The van der Waals surface area contributed by atoms with E-state index in [1.165, 1.54) is 16.2 Å². The van der Waals surface area contributed by atoms with E-state index in [4.69, 9.17) is 4.74 Å². The van der Waals surface area contributed by atoms with Crippen LogP contribution in [-0.4, -0.2) is 43.0 Å². The molecule has 1 aromatic heterocycles. The molecule has 3 amide bonds. The second-order valence-electron chi connectivity index (χ2n) is 8.08. The van der Waals surface area contributed by atoms with Crippen molar-refractivity contribution in [3.63, 3.8) is 0 Å². The van der Waals surface area contributed by atoms with E-state index >= 15 is 0 Å². The number of carbonyl (C=O) groups excluding carboxylic acids is 3. The number of nitrogens with one attached hydrogen (secondary N) is 2. The van der Waals surface area contributed by atoms with Crippen molar-refractivity contribution in [3.05, 3.63) is 76.8 Å². The number of aromatic nitrogens is 1. The Balaban J connectivity index is 1.90. The monoisotopic (exact) mass is 494 g/mol. The molecule has 1 heterocycles. The molecule has 0 bridgehead atoms. The van der Waals surface area contributed by atoms with Crippen LogP contribution < -0.4 is 15.5 Å². The summed E-state index contributed by atoms with van der Waals surface area (Å²) in [5.41, 5.74) is 3.32. The van der Waals surface area contributed by atoms with Crippen molar-refractivity contribution < 1.29 is 19.1 Å². The normalized spacial score (nSPS) is 11.5. The Kier molecular flexibility index (Phi) is 9.51. The van der Waals surface area contributed by atoms with Crippen LogP contribution in [0.4, 0.5) is 10.8 Å². The number of amides is 3. The van der Waals surface area contributed by atoms with E-state index in [2.05, 4.69) is 15.6 Å². The molecule has 0 aliphatic heterocycles. The third-order valence-corrected chi connectivity index (χ3v) is 6.02. The summed E-state index contributed by atoms with van der Waals surface area (Å²) in [5, 5.41) is 7.79. The van der Waals surface area contributed by atoms with Gasteiger partial charge in [-0.3, -0.25) is 19.3 Å². The maximum absolute atomic E-state index is 13.6. The lowest BCUT2D eigenvalue weighted by atomic mass is 10.0. The van der Waals surface area contributed by atoms with Crippen LogP contribution >= 0.6 is 11.3 Å². The van der Waals surface area contributed by atoms with Gasteiger partial charge in [-0.15, -0.1) is 11.3 Å². The Morgan fingerprint density at radius 2 is 1.66 bits per heavy atom. The second-order valence-corrected chi connectivity index (χ2v) is 8.98. The summed E-state index contributed by atoms with van der Waals surface area (Å²) in [6.45, 7) is 4.57. The number of methoxy groups -OCH3 is 1. The van der Waals surface area contributed by atoms with Crippen molar-refractivity contribution >= 4 is 39.9 Å². The Labute approximate surface area is 209 Å². The number of rotatable bonds is 11. The molecule has 8 nitrogen and oxygen atoms in total. The first-order valence-corrected chi connectivity index (χ1v) is 12.2. The fraction of sp³-hybridized carbons (Fsp3) is 0.308. The van der Waals surface area contributed by atoms with E-state index in [1.807, 2.05) is 62.4 Å². The van der Waals surface area contributed by atoms with Gasteiger partial charge in [-0.05, 0) is 31.5 Å². The molecule has 3 aromatic rings. The molecule has 2 aromatic carbocycles. The summed E-state index contributed by atoms with van der Waals surface area (Å²) in [7, 11) is 1.56. The zero-order chi connectivity index (χ0) is 25.2. The number of anilines is 2. The van der Waals surface area contributed by atoms with Gasteiger partial charge in [-0.25, -0.2) is 4.98 Å². The van der Waals surface area contributed by atoms with Crippen LogP contribution in [0.3, 0.4) is 0 Å². The minimum Gasteiger partial charge on any atom is -0.383 e. The van der Waals surface area contributed by atoms with Crippen molar-refractivity contribution in [3.8, 4) is 0 Å². The van der Waals surface area contributed by atoms with Gasteiger partial charge < -0.3 is 15.4 Å². The van der Waals surface area contributed by atoms with Gasteiger partial charge >= 0.3 is 0 Å². The molecule has 9 heteroatoms. The summed E-state index contributed by atoms with van der Waals surface area (Å²) < 4.78 is 5.06. The van der Waals surface area contributed by atoms with Gasteiger partial charge in [-0.2, -0.15) is 0 Å². The predicted molar refractivity (Wildman–Crippen MR) is 137 cm³/mol. The highest BCUT2D eigenvalue weighted by molar-refractivity contribution is 7.13. The van der Waals surface area contributed by atoms with Crippen molar-refractivity contribution in [1.29, 1.82) is 0 Å². The standard InChI is InChI=1S/C26H30N4O4S/c1-18-4-8-20(9-5-18)24(25(33)27-14-16-34-3)30(21-10-6-19(2)7-11-21)23(32)13-12-22(31)29-26-28-15-17-35-26/h4-11,15,17,24H,12-14,16H2,1-3H3,(H,27,33)(H,28,29,31). The second kappa shape index (κ2) is 12.8. The maximum atomic E-state index is 13.6. The minimum absolute atomic E-state index is 0.0350. The van der Waals surface area contributed by atoms with Gasteiger partial charge in [-0.1, -0.05) is 47.5 Å². The minimum atomic E-state index is -0.912. The van der Waals surface area contributed by atoms with Gasteiger partial charge in [0.1, 0.15) is 6.04 Å². The van der Waals surface area contributed by atoms with E-state index < -0.39 is 6.04 Å². The molecule has 1 unspecified atom stereocenters. The van der Waals surface area contributed by atoms with E-state index in [1.54, 1.807) is 18.7 Å². The number of hydrogen-bond donors (Lipinski definition) is 2. The quantitative estimate of drug-likeness (QED) is 0.392. The molecule has 35 heavy (non-hydrogen) atoms. The number of benzene rings is 2. The third kappa shape index (κ3) is 7.46. The predicted octanol–water partition coefficient (Wildman–Crippen LogP) is 4.02. The van der Waals surface area contributed by atoms with Crippen molar-refractivity contribution in [2.75, 3.05) is 30.5 Å². The van der Waals surface area contributed by atoms with E-state index in [-0.39, 0.29) is 30.6 Å². The summed E-state index contributed by atoms with van der Waals surface area (Å²) in [5.74, 6) is -0.976. The molecule has 1 atom stereocenters. The van der Waals surface area contributed by atoms with Crippen molar-refractivity contribution in [2.45, 2.75) is 32.7 Å². The Bertz CT molecular complexity index is 1120. The van der Waals surface area contributed by atoms with Crippen LogP contribution in [0.5, 0.6) is 0 Å². The molecule has 0 aliphatic carbocycles. The summed E-state index contributed by atoms with van der Waals surface area (Å²) in [6.07, 6.45) is 1.49. The summed E-state index contributed by atoms with van der Waals surface area (Å²) in [4.78, 5) is 44.9. The Morgan fingerprint density at radius 3 is 2.26 bits per heavy atom. The fourth-order valence-electron chi connectivity index (χ4n) is 3.49. The number of ether oxygens (including phenoxy) is 1. The van der Waals surface area contributed by atoms with Crippen LogP contribution in [-0.2, 0) is 19.1 Å². The molecule has 0 saturated carbocycles. The van der Waals surface area contributed by atoms with E-state index in [0.717, 1.165) is 11.1 Å². The van der Waals surface area contributed by atoms with Crippen LogP contribution in [0.25, 0.3) is 0 Å². The third-order valence-electron chi connectivity index (χ3n) is 5.33. The van der Waals surface area contributed by atoms with Gasteiger partial charge in [0, 0.05) is 43.8 Å². The van der Waals surface area contributed by atoms with Crippen LogP contribution in [0.15, 0.2) is 60.1 Å². The van der Waals surface area contributed by atoms with Gasteiger partial charge in [0.15, 0.2) is 5.13 Å². The lowest BCUT2D eigenvalue weighted by Gasteiger charge is -2.32. The molecule has 0 radical (unpaired) electrons. The molecule has 0 saturated heterocycles. The van der Waals surface area contributed by atoms with Crippen LogP contribution in [0, 0.1) is 13.8 Å². The molecular formula is C26H30N4O4S. The Hall–Kier alpha value is -3.56. The number of thiazole rings is 1. The first-order valence-electron chi connectivity index (χ1n) is 11.3. The molecule has 3 rings (SSSR count). The van der Waals surface area contributed by atoms with Crippen LogP contribution in [0.2, 0.25) is 0 Å². The topological polar surface area (TPSA) is 101 Å². The van der Waals surface area contributed by atoms with Gasteiger partial charge in [0.2, 0.25) is 17.7 Å². The molecule has 184 valence electrons. The fourth-order valence-corrected chi connectivity index (χ4v) is 4.03. The highest BCUT2D eigenvalue weighted by Crippen LogP contribution is 2.29. The molecule has 0 fully saturated rings. The first kappa shape index (κ1) is 26.1. The number of nitrogens with zero attached hydrogens (tertiary/aromatic N) is 2. The van der Waals surface area contributed by atoms with E-state index in [0.29, 0.717) is 29.5 Å². The molecular weight excluding hydrogens is 464 g/mol. The largest absolute Gasteiger partial charge is 0.383 e. The molecule has 0 aliphatic rings. The summed E-state index contributed by atoms with van der Waals surface area (Å²) >= 11 is 1.31. The smallest absolute Gasteiger partial charge is 0.247 e. The summed E-state index contributed by atoms with van der Waals surface area (Å²) in [6, 6.07) is 14.0. The average molecular weight is 495 g/mol. The van der Waals surface area contributed by atoms with Gasteiger partial charge in [0.05, 0.1) is 6.61 Å².